The van der Waals surface area contributed by atoms with Gasteiger partial charge in [-0.1, -0.05) is 0 Å². The Morgan fingerprint density at radius 3 is 3.04 bits per heavy atom. The van der Waals surface area contributed by atoms with Crippen LogP contribution in [-0.4, -0.2) is 39.1 Å². The summed E-state index contributed by atoms with van der Waals surface area (Å²) in [6.45, 7) is 2.12. The van der Waals surface area contributed by atoms with Crippen molar-refractivity contribution in [2.75, 3.05) is 12.3 Å². The van der Waals surface area contributed by atoms with Crippen LogP contribution in [0.1, 0.15) is 50.8 Å². The van der Waals surface area contributed by atoms with Crippen molar-refractivity contribution in [1.29, 1.82) is 0 Å². The molecule has 1 saturated carbocycles. The molecule has 1 saturated heterocycles. The van der Waals surface area contributed by atoms with Gasteiger partial charge in [0.05, 0.1) is 5.69 Å². The van der Waals surface area contributed by atoms with Crippen LogP contribution in [0.3, 0.4) is 0 Å². The fraction of sp³-hybridized carbons (Fsp3) is 0.588. The largest absolute Gasteiger partial charge is 0.508 e. The second-order valence-corrected chi connectivity index (χ2v) is 7.01. The van der Waals surface area contributed by atoms with Gasteiger partial charge in [-0.05, 0) is 51.2 Å². The Balaban J connectivity index is 1.39. The van der Waals surface area contributed by atoms with Crippen molar-refractivity contribution in [3.8, 4) is 0 Å². The highest BCUT2D eigenvalue weighted by Crippen LogP contribution is 2.40. The maximum atomic E-state index is 11.7. The van der Waals surface area contributed by atoms with Crippen LogP contribution >= 0.6 is 0 Å². The number of hydrogen-bond donors (Lipinski definition) is 1. The summed E-state index contributed by atoms with van der Waals surface area (Å²) in [5.41, 5.74) is 7.02. The number of nitrogens with zero attached hydrogens (tertiary/aromatic N) is 3. The van der Waals surface area contributed by atoms with Crippen molar-refractivity contribution in [2.45, 2.75) is 56.8 Å². The molecule has 2 N–H and O–H groups in total. The van der Waals surface area contributed by atoms with Crippen molar-refractivity contribution in [3.63, 3.8) is 0 Å². The smallest absolute Gasteiger partial charge is 0.431 e. The summed E-state index contributed by atoms with van der Waals surface area (Å²) in [5.74, 6) is 0.434. The molecule has 2 atom stereocenters. The van der Waals surface area contributed by atoms with E-state index in [0.29, 0.717) is 5.82 Å². The maximum absolute atomic E-state index is 11.7. The van der Waals surface area contributed by atoms with E-state index in [4.69, 9.17) is 19.9 Å². The number of carbonyl (C=O) groups is 1. The molecule has 2 aliphatic rings. The van der Waals surface area contributed by atoms with E-state index in [-0.39, 0.29) is 18.8 Å². The minimum Gasteiger partial charge on any atom is -0.431 e. The summed E-state index contributed by atoms with van der Waals surface area (Å²) >= 11 is 0. The van der Waals surface area contributed by atoms with Crippen LogP contribution in [0.15, 0.2) is 18.5 Å². The molecular weight excluding hydrogens is 324 g/mol. The lowest BCUT2D eigenvalue weighted by Gasteiger charge is -2.27. The first kappa shape index (κ1) is 16.1. The summed E-state index contributed by atoms with van der Waals surface area (Å²) in [5, 5.41) is 4.26. The van der Waals surface area contributed by atoms with Crippen LogP contribution in [0.5, 0.6) is 0 Å². The van der Waals surface area contributed by atoms with Gasteiger partial charge >= 0.3 is 6.16 Å². The quantitative estimate of drug-likeness (QED) is 0.849. The first-order valence-electron chi connectivity index (χ1n) is 8.63. The van der Waals surface area contributed by atoms with Gasteiger partial charge in [-0.2, -0.15) is 5.10 Å². The monoisotopic (exact) mass is 346 g/mol. The number of fused-ring (bicyclic) bond motifs is 1. The Kier molecular flexibility index (Phi) is 3.99. The van der Waals surface area contributed by atoms with E-state index in [1.807, 2.05) is 19.1 Å². The van der Waals surface area contributed by atoms with Crippen LogP contribution in [0.4, 0.5) is 10.6 Å². The Bertz CT molecular complexity index is 788. The van der Waals surface area contributed by atoms with Crippen molar-refractivity contribution in [2.24, 2.45) is 0 Å². The van der Waals surface area contributed by atoms with Gasteiger partial charge in [-0.15, -0.1) is 0 Å². The number of ether oxygens (including phenoxy) is 3. The van der Waals surface area contributed by atoms with Crippen molar-refractivity contribution in [1.82, 2.24) is 14.6 Å². The molecule has 8 heteroatoms. The van der Waals surface area contributed by atoms with Crippen LogP contribution in [-0.2, 0) is 14.2 Å². The number of aromatic nitrogens is 3. The summed E-state index contributed by atoms with van der Waals surface area (Å²) in [4.78, 5) is 15.7. The van der Waals surface area contributed by atoms with E-state index in [1.165, 1.54) is 6.33 Å². The predicted molar refractivity (Wildman–Crippen MR) is 88.9 cm³/mol. The third kappa shape index (κ3) is 3.13. The van der Waals surface area contributed by atoms with Crippen molar-refractivity contribution >= 4 is 17.5 Å². The van der Waals surface area contributed by atoms with Gasteiger partial charge in [-0.25, -0.2) is 14.3 Å². The van der Waals surface area contributed by atoms with Gasteiger partial charge in [-0.3, -0.25) is 0 Å². The lowest BCUT2D eigenvalue weighted by molar-refractivity contribution is -0.0841. The van der Waals surface area contributed by atoms with Gasteiger partial charge in [0.1, 0.15) is 36.3 Å². The predicted octanol–water partition coefficient (Wildman–Crippen LogP) is 2.63. The fourth-order valence-corrected chi connectivity index (χ4v) is 3.30. The second kappa shape index (κ2) is 6.18. The minimum atomic E-state index is -0.605. The Morgan fingerprint density at radius 2 is 2.28 bits per heavy atom. The highest BCUT2D eigenvalue weighted by molar-refractivity contribution is 5.65. The lowest BCUT2D eigenvalue weighted by atomic mass is 9.96. The Morgan fingerprint density at radius 1 is 1.44 bits per heavy atom. The maximum Gasteiger partial charge on any atom is 0.508 e. The van der Waals surface area contributed by atoms with E-state index in [0.717, 1.165) is 43.3 Å². The van der Waals surface area contributed by atoms with Gasteiger partial charge in [0, 0.05) is 0 Å². The zero-order valence-corrected chi connectivity index (χ0v) is 14.2. The third-order valence-electron chi connectivity index (χ3n) is 5.01. The van der Waals surface area contributed by atoms with Gasteiger partial charge < -0.3 is 19.9 Å². The first-order valence-corrected chi connectivity index (χ1v) is 8.63. The van der Waals surface area contributed by atoms with Crippen LogP contribution in [0.2, 0.25) is 0 Å². The molecule has 1 aliphatic carbocycles. The summed E-state index contributed by atoms with van der Waals surface area (Å²) in [6.07, 6.45) is 5.28. The Labute approximate surface area is 145 Å². The molecule has 25 heavy (non-hydrogen) atoms. The van der Waals surface area contributed by atoms with Gasteiger partial charge in [0.15, 0.2) is 5.82 Å². The fourth-order valence-electron chi connectivity index (χ4n) is 3.30. The van der Waals surface area contributed by atoms with E-state index >= 15 is 0 Å². The highest BCUT2D eigenvalue weighted by Gasteiger charge is 2.39. The molecule has 0 spiro atoms. The average Bonchev–Trinajstić information content (AvgIpc) is 3.14. The Hall–Kier alpha value is -2.35. The topological polar surface area (TPSA) is 101 Å². The summed E-state index contributed by atoms with van der Waals surface area (Å²) < 4.78 is 18.4. The molecule has 3 heterocycles. The molecule has 4 rings (SSSR count). The molecule has 0 bridgehead atoms. The van der Waals surface area contributed by atoms with Crippen molar-refractivity contribution < 1.29 is 19.0 Å². The van der Waals surface area contributed by atoms with E-state index in [2.05, 4.69) is 10.1 Å². The van der Waals surface area contributed by atoms with Crippen LogP contribution in [0.25, 0.3) is 5.52 Å². The molecular formula is C17H22N4O4. The molecule has 0 amide bonds. The molecule has 2 aromatic rings. The zero-order valence-electron chi connectivity index (χ0n) is 14.2. The summed E-state index contributed by atoms with van der Waals surface area (Å²) in [6, 6.07) is 3.83. The normalized spacial score (nSPS) is 26.5. The number of rotatable bonds is 4. The first-order chi connectivity index (χ1) is 12.0. The standard InChI is InChI=1S/C17H22N4O4/c1-17(9-23-16(22)24-11-3-2-4-11)8-7-14(25-17)12-5-6-13-15(18)19-10-20-21(12)13/h5-6,10-11,14H,2-4,7-9H2,1H3,(H2,18,19,20)/t14-,17+/m1/s1. The number of nitrogen functional groups attached to an aromatic ring is 1. The molecule has 1 aliphatic heterocycles. The van der Waals surface area contributed by atoms with Crippen LogP contribution in [0, 0.1) is 0 Å². The molecule has 0 unspecified atom stereocenters. The molecule has 134 valence electrons. The van der Waals surface area contributed by atoms with Crippen LogP contribution < -0.4 is 5.73 Å². The molecule has 0 radical (unpaired) electrons. The van der Waals surface area contributed by atoms with Gasteiger partial charge in [0.25, 0.3) is 0 Å². The van der Waals surface area contributed by atoms with E-state index < -0.39 is 11.8 Å². The molecule has 2 aromatic heterocycles. The van der Waals surface area contributed by atoms with Gasteiger partial charge in [0.2, 0.25) is 0 Å². The zero-order chi connectivity index (χ0) is 17.4. The number of anilines is 1. The number of hydrogen-bond acceptors (Lipinski definition) is 7. The van der Waals surface area contributed by atoms with Crippen molar-refractivity contribution in [3.05, 3.63) is 24.2 Å². The molecule has 0 aromatic carbocycles. The SMILES string of the molecule is C[C@@]1(COC(=O)OC2CCC2)CC[C@H](c2ccc3c(N)ncnn23)O1. The average molecular weight is 346 g/mol. The highest BCUT2D eigenvalue weighted by atomic mass is 16.7. The molecule has 8 nitrogen and oxygen atoms in total. The number of nitrogens with two attached hydrogens (primary N) is 1. The number of carbonyl (C=O) groups excluding carboxylic acids is 1. The second-order valence-electron chi connectivity index (χ2n) is 7.01. The third-order valence-corrected chi connectivity index (χ3v) is 5.01. The van der Waals surface area contributed by atoms with E-state index in [1.54, 1.807) is 4.52 Å². The minimum absolute atomic E-state index is 0.0229. The van der Waals surface area contributed by atoms with E-state index in [9.17, 15) is 4.79 Å². The lowest BCUT2D eigenvalue weighted by Crippen LogP contribution is -2.33. The summed E-state index contributed by atoms with van der Waals surface area (Å²) in [7, 11) is 0. The molecule has 2 fully saturated rings.